The molecule has 0 aliphatic heterocycles. The van der Waals surface area contributed by atoms with Crippen molar-refractivity contribution in [1.29, 1.82) is 0 Å². The minimum absolute atomic E-state index is 0.0441. The third kappa shape index (κ3) is 3.07. The number of primary amides is 1. The van der Waals surface area contributed by atoms with Crippen LogP contribution in [-0.2, 0) is 0 Å². The van der Waals surface area contributed by atoms with Crippen molar-refractivity contribution in [2.24, 2.45) is 5.73 Å². The van der Waals surface area contributed by atoms with Gasteiger partial charge < -0.3 is 10.5 Å². The molecule has 0 aliphatic rings. The summed E-state index contributed by atoms with van der Waals surface area (Å²) >= 11 is 0. The van der Waals surface area contributed by atoms with Crippen molar-refractivity contribution in [3.8, 4) is 17.0 Å². The van der Waals surface area contributed by atoms with E-state index in [4.69, 9.17) is 10.5 Å². The van der Waals surface area contributed by atoms with Crippen LogP contribution in [0.1, 0.15) is 24.5 Å². The van der Waals surface area contributed by atoms with Gasteiger partial charge in [0.25, 0.3) is 5.91 Å². The van der Waals surface area contributed by atoms with Gasteiger partial charge in [-0.15, -0.1) is 0 Å². The van der Waals surface area contributed by atoms with Crippen LogP contribution in [0, 0.1) is 6.20 Å². The van der Waals surface area contributed by atoms with E-state index < -0.39 is 5.91 Å². The van der Waals surface area contributed by atoms with Crippen LogP contribution < -0.4 is 10.5 Å². The van der Waals surface area contributed by atoms with E-state index in [0.29, 0.717) is 11.4 Å². The highest BCUT2D eigenvalue weighted by atomic mass is 16.5. The highest BCUT2D eigenvalue weighted by Gasteiger charge is 2.11. The van der Waals surface area contributed by atoms with E-state index in [9.17, 15) is 4.79 Å². The standard InChI is InChI=1S/C14H14N3O2/c1-9(2)19-12-6-4-3-5-10(12)11-7-8-16-14(17-11)13(15)18/h3-7,9H,1-2H3,(H2,15,18). The molecule has 1 aromatic heterocycles. The Hall–Kier alpha value is -2.43. The molecule has 1 radical (unpaired) electrons. The Morgan fingerprint density at radius 2 is 2.11 bits per heavy atom. The lowest BCUT2D eigenvalue weighted by Gasteiger charge is -2.13. The van der Waals surface area contributed by atoms with Crippen molar-refractivity contribution >= 4 is 5.91 Å². The summed E-state index contributed by atoms with van der Waals surface area (Å²) in [5.41, 5.74) is 6.50. The molecule has 1 heterocycles. The topological polar surface area (TPSA) is 78.1 Å². The summed E-state index contributed by atoms with van der Waals surface area (Å²) in [5, 5.41) is 0. The molecule has 19 heavy (non-hydrogen) atoms. The fourth-order valence-corrected chi connectivity index (χ4v) is 1.61. The number of rotatable bonds is 4. The Morgan fingerprint density at radius 1 is 1.37 bits per heavy atom. The molecule has 2 N–H and O–H groups in total. The van der Waals surface area contributed by atoms with Crippen LogP contribution in [-0.4, -0.2) is 22.0 Å². The first-order chi connectivity index (χ1) is 9.08. The fourth-order valence-electron chi connectivity index (χ4n) is 1.61. The minimum Gasteiger partial charge on any atom is -0.490 e. The van der Waals surface area contributed by atoms with Gasteiger partial charge in [-0.1, -0.05) is 12.1 Å². The summed E-state index contributed by atoms with van der Waals surface area (Å²) in [5.74, 6) is -0.0442. The molecule has 0 unspecified atom stereocenters. The number of aromatic nitrogens is 2. The number of benzene rings is 1. The van der Waals surface area contributed by atoms with Crippen LogP contribution in [0.15, 0.2) is 30.3 Å². The van der Waals surface area contributed by atoms with Gasteiger partial charge in [-0.3, -0.25) is 4.79 Å². The monoisotopic (exact) mass is 256 g/mol. The number of ether oxygens (including phenoxy) is 1. The lowest BCUT2D eigenvalue weighted by Crippen LogP contribution is -2.15. The van der Waals surface area contributed by atoms with Crippen LogP contribution in [0.4, 0.5) is 0 Å². The highest BCUT2D eigenvalue weighted by molar-refractivity contribution is 5.89. The van der Waals surface area contributed by atoms with Crippen molar-refractivity contribution in [1.82, 2.24) is 9.97 Å². The normalized spacial score (nSPS) is 10.5. The van der Waals surface area contributed by atoms with Crippen LogP contribution in [0.3, 0.4) is 0 Å². The summed E-state index contributed by atoms with van der Waals surface area (Å²) in [6.45, 7) is 3.88. The molecule has 1 amide bonds. The third-order valence-corrected chi connectivity index (χ3v) is 2.34. The molecule has 97 valence electrons. The lowest BCUT2D eigenvalue weighted by molar-refractivity contribution is 0.0990. The summed E-state index contributed by atoms with van der Waals surface area (Å²) in [6.07, 6.45) is 2.67. The second-order valence-electron chi connectivity index (χ2n) is 4.23. The van der Waals surface area contributed by atoms with Crippen molar-refractivity contribution in [3.63, 3.8) is 0 Å². The van der Waals surface area contributed by atoms with Gasteiger partial charge in [-0.25, -0.2) is 9.97 Å². The smallest absolute Gasteiger partial charge is 0.286 e. The van der Waals surface area contributed by atoms with Crippen LogP contribution in [0.2, 0.25) is 0 Å². The zero-order chi connectivity index (χ0) is 13.8. The van der Waals surface area contributed by atoms with Gasteiger partial charge in [0.2, 0.25) is 5.82 Å². The first-order valence-electron chi connectivity index (χ1n) is 5.89. The molecule has 2 rings (SSSR count). The molecule has 0 atom stereocenters. The fraction of sp³-hybridized carbons (Fsp3) is 0.214. The van der Waals surface area contributed by atoms with Gasteiger partial charge in [-0.2, -0.15) is 0 Å². The van der Waals surface area contributed by atoms with E-state index >= 15 is 0 Å². The molecule has 1 aromatic carbocycles. The lowest BCUT2D eigenvalue weighted by atomic mass is 10.1. The maximum atomic E-state index is 11.1. The summed E-state index contributed by atoms with van der Waals surface area (Å²) in [6, 6.07) is 9.05. The predicted molar refractivity (Wildman–Crippen MR) is 70.6 cm³/mol. The van der Waals surface area contributed by atoms with Gasteiger partial charge in [0.1, 0.15) is 5.75 Å². The largest absolute Gasteiger partial charge is 0.490 e. The Labute approximate surface area is 111 Å². The summed E-state index contributed by atoms with van der Waals surface area (Å²) in [4.78, 5) is 18.9. The van der Waals surface area contributed by atoms with Crippen LogP contribution in [0.25, 0.3) is 11.3 Å². The molecule has 0 saturated carbocycles. The number of nitrogens with zero attached hydrogens (tertiary/aromatic N) is 2. The first-order valence-corrected chi connectivity index (χ1v) is 5.89. The number of carbonyl (C=O) groups excluding carboxylic acids is 1. The zero-order valence-electron chi connectivity index (χ0n) is 10.8. The second-order valence-corrected chi connectivity index (χ2v) is 4.23. The molecule has 0 saturated heterocycles. The molecular formula is C14H14N3O2. The van der Waals surface area contributed by atoms with Crippen molar-refractivity contribution in [2.75, 3.05) is 0 Å². The SMILES string of the molecule is CC(C)Oc1ccccc1-c1c[c]nc(C(N)=O)n1. The molecule has 5 heteroatoms. The molecule has 0 spiro atoms. The van der Waals surface area contributed by atoms with E-state index in [1.54, 1.807) is 6.07 Å². The van der Waals surface area contributed by atoms with Gasteiger partial charge in [-0.05, 0) is 32.0 Å². The van der Waals surface area contributed by atoms with E-state index in [2.05, 4.69) is 16.2 Å². The van der Waals surface area contributed by atoms with Crippen molar-refractivity contribution in [3.05, 3.63) is 42.4 Å². The highest BCUT2D eigenvalue weighted by Crippen LogP contribution is 2.28. The van der Waals surface area contributed by atoms with Crippen molar-refractivity contribution in [2.45, 2.75) is 20.0 Å². The quantitative estimate of drug-likeness (QED) is 0.905. The van der Waals surface area contributed by atoms with Crippen LogP contribution >= 0.6 is 0 Å². The molecule has 2 aromatic rings. The molecule has 0 fully saturated rings. The number of carbonyl (C=O) groups is 1. The van der Waals surface area contributed by atoms with Crippen molar-refractivity contribution < 1.29 is 9.53 Å². The Kier molecular flexibility index (Phi) is 3.75. The third-order valence-electron chi connectivity index (χ3n) is 2.34. The second kappa shape index (κ2) is 5.48. The minimum atomic E-state index is -0.680. The van der Waals surface area contributed by atoms with Gasteiger partial charge in [0.05, 0.1) is 18.0 Å². The first kappa shape index (κ1) is 13.0. The Morgan fingerprint density at radius 3 is 2.79 bits per heavy atom. The van der Waals surface area contributed by atoms with Gasteiger partial charge in [0.15, 0.2) is 0 Å². The molecule has 0 aliphatic carbocycles. The zero-order valence-corrected chi connectivity index (χ0v) is 10.8. The number of para-hydroxylation sites is 1. The van der Waals surface area contributed by atoms with Gasteiger partial charge in [0, 0.05) is 5.56 Å². The van der Waals surface area contributed by atoms with Gasteiger partial charge >= 0.3 is 0 Å². The Balaban J connectivity index is 2.46. The summed E-state index contributed by atoms with van der Waals surface area (Å²) in [7, 11) is 0. The average molecular weight is 256 g/mol. The molecule has 0 bridgehead atoms. The van der Waals surface area contributed by atoms with E-state index in [0.717, 1.165) is 5.56 Å². The number of nitrogens with two attached hydrogens (primary N) is 1. The van der Waals surface area contributed by atoms with E-state index in [1.807, 2.05) is 38.1 Å². The maximum Gasteiger partial charge on any atom is 0.286 e. The number of hydrogen-bond acceptors (Lipinski definition) is 4. The Bertz CT molecular complexity index is 597. The maximum absolute atomic E-state index is 11.1. The van der Waals surface area contributed by atoms with E-state index in [1.165, 1.54) is 0 Å². The molecular weight excluding hydrogens is 242 g/mol. The number of hydrogen-bond donors (Lipinski definition) is 1. The average Bonchev–Trinajstić information content (AvgIpc) is 2.39. The molecule has 5 nitrogen and oxygen atoms in total. The van der Waals surface area contributed by atoms with E-state index in [-0.39, 0.29) is 11.9 Å². The summed E-state index contributed by atoms with van der Waals surface area (Å²) < 4.78 is 5.71. The van der Waals surface area contributed by atoms with Crippen LogP contribution in [0.5, 0.6) is 5.75 Å². The predicted octanol–water partition coefficient (Wildman–Crippen LogP) is 1.83. The number of amides is 1.